The van der Waals surface area contributed by atoms with Crippen molar-refractivity contribution in [2.24, 2.45) is 11.7 Å². The van der Waals surface area contributed by atoms with Crippen molar-refractivity contribution in [3.05, 3.63) is 18.2 Å². The molecule has 1 unspecified atom stereocenters. The maximum Gasteiger partial charge on any atom is 0.221 e. The summed E-state index contributed by atoms with van der Waals surface area (Å²) >= 11 is 0. The van der Waals surface area contributed by atoms with E-state index in [1.54, 1.807) is 6.07 Å². The molecule has 3 rings (SSSR count). The first-order chi connectivity index (χ1) is 11.5. The Morgan fingerprint density at radius 3 is 2.62 bits per heavy atom. The Morgan fingerprint density at radius 1 is 1.25 bits per heavy atom. The second kappa shape index (κ2) is 6.98. The van der Waals surface area contributed by atoms with E-state index in [0.717, 1.165) is 12.8 Å². The molecule has 1 aromatic rings. The Bertz CT molecular complexity index is 715. The number of benzene rings is 1. The highest BCUT2D eigenvalue weighted by Gasteiger charge is 2.31. The van der Waals surface area contributed by atoms with Crippen molar-refractivity contribution in [1.82, 2.24) is 5.32 Å². The molecule has 0 spiro atoms. The molecule has 2 aliphatic rings. The highest BCUT2D eigenvalue weighted by molar-refractivity contribution is 7.91. The van der Waals surface area contributed by atoms with E-state index < -0.39 is 9.84 Å². The maximum atomic E-state index is 12.4. The number of nitrogens with one attached hydrogen (secondary N) is 1. The number of hydrogen-bond acceptors (Lipinski definition) is 6. The van der Waals surface area contributed by atoms with E-state index in [0.29, 0.717) is 37.2 Å². The molecule has 7 nitrogen and oxygen atoms in total. The zero-order valence-corrected chi connectivity index (χ0v) is 14.2. The first-order valence-corrected chi connectivity index (χ1v) is 9.76. The predicted octanol–water partition coefficient (Wildman–Crippen LogP) is 0.475. The van der Waals surface area contributed by atoms with E-state index in [1.165, 1.54) is 12.1 Å². The third-order valence-corrected chi connectivity index (χ3v) is 5.98. The summed E-state index contributed by atoms with van der Waals surface area (Å²) < 4.78 is 35.6. The summed E-state index contributed by atoms with van der Waals surface area (Å²) in [6, 6.07) is 4.47. The van der Waals surface area contributed by atoms with E-state index in [1.807, 2.05) is 0 Å². The number of carbonyl (C=O) groups excluding carboxylic acids is 1. The topological polar surface area (TPSA) is 108 Å². The van der Waals surface area contributed by atoms with Crippen LogP contribution in [0.25, 0.3) is 0 Å². The third kappa shape index (κ3) is 3.99. The van der Waals surface area contributed by atoms with Crippen molar-refractivity contribution >= 4 is 15.7 Å². The molecule has 1 aromatic carbocycles. The van der Waals surface area contributed by atoms with Crippen molar-refractivity contribution in [3.63, 3.8) is 0 Å². The van der Waals surface area contributed by atoms with Crippen LogP contribution >= 0.6 is 0 Å². The van der Waals surface area contributed by atoms with Crippen molar-refractivity contribution in [3.8, 4) is 11.5 Å². The van der Waals surface area contributed by atoms with Gasteiger partial charge in [-0.1, -0.05) is 0 Å². The smallest absolute Gasteiger partial charge is 0.221 e. The monoisotopic (exact) mass is 354 g/mol. The summed E-state index contributed by atoms with van der Waals surface area (Å²) in [7, 11) is -3.56. The van der Waals surface area contributed by atoms with E-state index in [4.69, 9.17) is 15.2 Å². The molecule has 1 aliphatic heterocycles. The second-order valence-electron chi connectivity index (χ2n) is 6.12. The van der Waals surface area contributed by atoms with Crippen LogP contribution in [0.2, 0.25) is 0 Å². The quantitative estimate of drug-likeness (QED) is 0.737. The molecule has 0 aromatic heterocycles. The zero-order valence-electron chi connectivity index (χ0n) is 13.4. The van der Waals surface area contributed by atoms with Crippen LogP contribution in [-0.4, -0.2) is 45.9 Å². The lowest BCUT2D eigenvalue weighted by molar-refractivity contribution is -0.121. The molecule has 132 valence electrons. The van der Waals surface area contributed by atoms with E-state index in [-0.39, 0.29) is 29.0 Å². The average molecular weight is 354 g/mol. The Balaban J connectivity index is 1.60. The summed E-state index contributed by atoms with van der Waals surface area (Å²) in [6.45, 7) is 1.22. The lowest BCUT2D eigenvalue weighted by atomic mass is 10.2. The molecule has 1 atom stereocenters. The Labute approximate surface area is 141 Å². The van der Waals surface area contributed by atoms with Gasteiger partial charge in [0, 0.05) is 25.1 Å². The standard InChI is InChI=1S/C16H22N2O5S/c17-10-13(11-1-2-11)18-16(19)5-8-24(20,21)12-3-4-14-15(9-12)23-7-6-22-14/h3-4,9,11,13H,1-2,5-8,10,17H2,(H,18,19). The Morgan fingerprint density at radius 2 is 1.96 bits per heavy atom. The number of ether oxygens (including phenoxy) is 2. The van der Waals surface area contributed by atoms with Gasteiger partial charge in [-0.05, 0) is 30.9 Å². The molecule has 0 saturated heterocycles. The average Bonchev–Trinajstić information content (AvgIpc) is 3.42. The molecule has 1 aliphatic carbocycles. The minimum atomic E-state index is -3.56. The summed E-state index contributed by atoms with van der Waals surface area (Å²) in [4.78, 5) is 12.1. The van der Waals surface area contributed by atoms with E-state index in [2.05, 4.69) is 5.32 Å². The van der Waals surface area contributed by atoms with Gasteiger partial charge in [0.1, 0.15) is 13.2 Å². The van der Waals surface area contributed by atoms with Crippen LogP contribution in [-0.2, 0) is 14.6 Å². The van der Waals surface area contributed by atoms with Crippen LogP contribution in [0.15, 0.2) is 23.1 Å². The first-order valence-electron chi connectivity index (χ1n) is 8.11. The zero-order chi connectivity index (χ0) is 17.2. The Kier molecular flexibility index (Phi) is 4.96. The van der Waals surface area contributed by atoms with Gasteiger partial charge in [-0.15, -0.1) is 0 Å². The Hall–Kier alpha value is -1.80. The maximum absolute atomic E-state index is 12.4. The first kappa shape index (κ1) is 17.0. The van der Waals surface area contributed by atoms with Gasteiger partial charge in [0.05, 0.1) is 10.6 Å². The number of sulfone groups is 1. The molecule has 0 bridgehead atoms. The van der Waals surface area contributed by atoms with Crippen LogP contribution in [0.5, 0.6) is 11.5 Å². The van der Waals surface area contributed by atoms with Crippen molar-refractivity contribution in [1.29, 1.82) is 0 Å². The van der Waals surface area contributed by atoms with Crippen molar-refractivity contribution in [2.45, 2.75) is 30.2 Å². The summed E-state index contributed by atoms with van der Waals surface area (Å²) in [5.74, 6) is 0.865. The van der Waals surface area contributed by atoms with E-state index >= 15 is 0 Å². The highest BCUT2D eigenvalue weighted by Crippen LogP contribution is 2.33. The fourth-order valence-corrected chi connectivity index (χ4v) is 3.96. The molecule has 1 amide bonds. The van der Waals surface area contributed by atoms with Gasteiger partial charge in [-0.3, -0.25) is 4.79 Å². The highest BCUT2D eigenvalue weighted by atomic mass is 32.2. The van der Waals surface area contributed by atoms with Gasteiger partial charge < -0.3 is 20.5 Å². The van der Waals surface area contributed by atoms with Gasteiger partial charge in [-0.25, -0.2) is 8.42 Å². The van der Waals surface area contributed by atoms with Crippen LogP contribution in [0.1, 0.15) is 19.3 Å². The van der Waals surface area contributed by atoms with Crippen LogP contribution < -0.4 is 20.5 Å². The van der Waals surface area contributed by atoms with Crippen molar-refractivity contribution in [2.75, 3.05) is 25.5 Å². The fourth-order valence-electron chi connectivity index (χ4n) is 2.71. The van der Waals surface area contributed by atoms with Gasteiger partial charge in [0.2, 0.25) is 5.91 Å². The van der Waals surface area contributed by atoms with Crippen LogP contribution in [0.4, 0.5) is 0 Å². The lowest BCUT2D eigenvalue weighted by Crippen LogP contribution is -2.42. The lowest BCUT2D eigenvalue weighted by Gasteiger charge is -2.19. The van der Waals surface area contributed by atoms with Gasteiger partial charge in [0.25, 0.3) is 0 Å². The molecule has 8 heteroatoms. The molecule has 1 saturated carbocycles. The summed E-state index contributed by atoms with van der Waals surface area (Å²) in [5.41, 5.74) is 5.64. The minimum absolute atomic E-state index is 0.0468. The number of hydrogen-bond donors (Lipinski definition) is 2. The SMILES string of the molecule is NCC(NC(=O)CCS(=O)(=O)c1ccc2c(c1)OCCO2)C1CC1. The van der Waals surface area contributed by atoms with Gasteiger partial charge in [-0.2, -0.15) is 0 Å². The number of amides is 1. The van der Waals surface area contributed by atoms with Crippen LogP contribution in [0.3, 0.4) is 0 Å². The van der Waals surface area contributed by atoms with Crippen molar-refractivity contribution < 1.29 is 22.7 Å². The molecule has 1 fully saturated rings. The molecular weight excluding hydrogens is 332 g/mol. The number of carbonyl (C=O) groups is 1. The predicted molar refractivity (Wildman–Crippen MR) is 87.8 cm³/mol. The molecule has 3 N–H and O–H groups in total. The normalized spacial score (nSPS) is 18.0. The molecule has 24 heavy (non-hydrogen) atoms. The largest absolute Gasteiger partial charge is 0.486 e. The van der Waals surface area contributed by atoms with Gasteiger partial charge in [0.15, 0.2) is 21.3 Å². The summed E-state index contributed by atoms with van der Waals surface area (Å²) in [5, 5.41) is 2.83. The third-order valence-electron chi connectivity index (χ3n) is 4.26. The second-order valence-corrected chi connectivity index (χ2v) is 8.23. The van der Waals surface area contributed by atoms with Gasteiger partial charge >= 0.3 is 0 Å². The molecule has 1 heterocycles. The minimum Gasteiger partial charge on any atom is -0.486 e. The molecule has 0 radical (unpaired) electrons. The number of nitrogens with two attached hydrogens (primary N) is 1. The molecular formula is C16H22N2O5S. The summed E-state index contributed by atoms with van der Waals surface area (Å²) in [6.07, 6.45) is 2.05. The van der Waals surface area contributed by atoms with Crippen LogP contribution in [0, 0.1) is 5.92 Å². The van der Waals surface area contributed by atoms with E-state index in [9.17, 15) is 13.2 Å². The fraction of sp³-hybridized carbons (Fsp3) is 0.562. The number of rotatable bonds is 7. The number of fused-ring (bicyclic) bond motifs is 1.